The monoisotopic (exact) mass is 372 g/mol. The third kappa shape index (κ3) is 6.43. The lowest BCUT2D eigenvalue weighted by Gasteiger charge is -2.11. The number of hydrogen-bond acceptors (Lipinski definition) is 5. The fourth-order valence-corrected chi connectivity index (χ4v) is 2.39. The molecule has 0 saturated carbocycles. The first kappa shape index (κ1) is 19.9. The summed E-state index contributed by atoms with van der Waals surface area (Å²) in [6.45, 7) is 0.339. The highest BCUT2D eigenvalue weighted by Crippen LogP contribution is 2.28. The molecule has 0 unspecified atom stereocenters. The molecule has 8 nitrogen and oxygen atoms in total. The summed E-state index contributed by atoms with van der Waals surface area (Å²) in [7, 11) is 0. The van der Waals surface area contributed by atoms with Crippen LogP contribution in [-0.2, 0) is 4.79 Å². The molecular formula is C19H20N2O6. The molecule has 2 rings (SSSR count). The van der Waals surface area contributed by atoms with Gasteiger partial charge in [0, 0.05) is 25.1 Å². The summed E-state index contributed by atoms with van der Waals surface area (Å²) in [5.41, 5.74) is -0.138. The zero-order valence-corrected chi connectivity index (χ0v) is 14.6. The van der Waals surface area contributed by atoms with Crippen molar-refractivity contribution >= 4 is 17.6 Å². The molecule has 142 valence electrons. The summed E-state index contributed by atoms with van der Waals surface area (Å²) in [5, 5.41) is 22.3. The van der Waals surface area contributed by atoms with Crippen molar-refractivity contribution in [2.75, 3.05) is 6.54 Å². The van der Waals surface area contributed by atoms with Crippen LogP contribution in [0.5, 0.6) is 11.5 Å². The first-order chi connectivity index (χ1) is 13.0. The van der Waals surface area contributed by atoms with E-state index in [1.807, 2.05) is 6.07 Å². The van der Waals surface area contributed by atoms with Crippen LogP contribution in [0.3, 0.4) is 0 Å². The number of aliphatic carboxylic acids is 1. The van der Waals surface area contributed by atoms with Crippen LogP contribution in [0.1, 0.15) is 36.0 Å². The number of nitro benzene ring substituents is 1. The van der Waals surface area contributed by atoms with E-state index in [1.165, 1.54) is 18.2 Å². The number of unbranched alkanes of at least 4 members (excludes halogenated alkanes) is 2. The van der Waals surface area contributed by atoms with Crippen LogP contribution in [0.4, 0.5) is 5.69 Å². The Hall–Kier alpha value is -3.42. The number of nitrogens with one attached hydrogen (secondary N) is 1. The van der Waals surface area contributed by atoms with E-state index in [0.29, 0.717) is 31.6 Å². The van der Waals surface area contributed by atoms with Gasteiger partial charge in [0.25, 0.3) is 11.6 Å². The van der Waals surface area contributed by atoms with Gasteiger partial charge in [0.15, 0.2) is 0 Å². The molecule has 0 aromatic heterocycles. The van der Waals surface area contributed by atoms with Gasteiger partial charge in [-0.05, 0) is 31.0 Å². The molecule has 0 radical (unpaired) electrons. The normalized spacial score (nSPS) is 10.2. The van der Waals surface area contributed by atoms with Gasteiger partial charge in [-0.3, -0.25) is 19.7 Å². The van der Waals surface area contributed by atoms with Gasteiger partial charge in [-0.1, -0.05) is 24.6 Å². The predicted octanol–water partition coefficient (Wildman–Crippen LogP) is 3.76. The van der Waals surface area contributed by atoms with E-state index in [4.69, 9.17) is 9.84 Å². The van der Waals surface area contributed by atoms with Gasteiger partial charge < -0.3 is 15.2 Å². The number of nitrogens with zero attached hydrogens (tertiary/aromatic N) is 1. The molecule has 2 N–H and O–H groups in total. The number of non-ortho nitro benzene ring substituents is 1. The Labute approximate surface area is 155 Å². The summed E-state index contributed by atoms with van der Waals surface area (Å²) in [6.07, 6.45) is 1.90. The predicted molar refractivity (Wildman–Crippen MR) is 98.0 cm³/mol. The minimum atomic E-state index is -0.849. The van der Waals surface area contributed by atoms with E-state index in [9.17, 15) is 19.7 Å². The van der Waals surface area contributed by atoms with Crippen LogP contribution in [0.25, 0.3) is 0 Å². The number of hydrogen-bond donors (Lipinski definition) is 2. The Morgan fingerprint density at radius 3 is 2.48 bits per heavy atom. The number of rotatable bonds is 10. The van der Waals surface area contributed by atoms with E-state index in [-0.39, 0.29) is 23.4 Å². The van der Waals surface area contributed by atoms with E-state index >= 15 is 0 Å². The minimum absolute atomic E-state index is 0.0681. The minimum Gasteiger partial charge on any atom is -0.481 e. The number of ether oxygens (including phenoxy) is 1. The number of carboxylic acids is 1. The summed E-state index contributed by atoms with van der Waals surface area (Å²) >= 11 is 0. The van der Waals surface area contributed by atoms with E-state index in [1.54, 1.807) is 24.3 Å². The van der Waals surface area contributed by atoms with Gasteiger partial charge in [0.2, 0.25) is 0 Å². The quantitative estimate of drug-likeness (QED) is 0.372. The molecule has 0 bridgehead atoms. The van der Waals surface area contributed by atoms with E-state index in [0.717, 1.165) is 0 Å². The summed E-state index contributed by atoms with van der Waals surface area (Å²) in [5.74, 6) is -0.606. The van der Waals surface area contributed by atoms with Crippen molar-refractivity contribution in [3.05, 3.63) is 64.2 Å². The SMILES string of the molecule is O=C(O)CCCCCNC(=O)c1cc([N+](=O)[O-])ccc1Oc1ccccc1. The Morgan fingerprint density at radius 2 is 1.81 bits per heavy atom. The average Bonchev–Trinajstić information content (AvgIpc) is 2.65. The molecule has 2 aromatic rings. The third-order valence-corrected chi connectivity index (χ3v) is 3.74. The molecule has 0 spiro atoms. The first-order valence-corrected chi connectivity index (χ1v) is 8.48. The second kappa shape index (κ2) is 9.91. The zero-order valence-electron chi connectivity index (χ0n) is 14.6. The first-order valence-electron chi connectivity index (χ1n) is 8.48. The molecule has 0 aliphatic rings. The van der Waals surface area contributed by atoms with Crippen molar-refractivity contribution in [3.8, 4) is 11.5 Å². The molecular weight excluding hydrogens is 352 g/mol. The molecule has 0 fully saturated rings. The third-order valence-electron chi connectivity index (χ3n) is 3.74. The number of nitro groups is 1. The Morgan fingerprint density at radius 1 is 1.07 bits per heavy atom. The van der Waals surface area contributed by atoms with Crippen molar-refractivity contribution in [1.82, 2.24) is 5.32 Å². The Balaban J connectivity index is 2.05. The average molecular weight is 372 g/mol. The maximum Gasteiger partial charge on any atom is 0.303 e. The van der Waals surface area contributed by atoms with Crippen LogP contribution >= 0.6 is 0 Å². The van der Waals surface area contributed by atoms with Crippen LogP contribution in [0.2, 0.25) is 0 Å². The zero-order chi connectivity index (χ0) is 19.6. The molecule has 2 aromatic carbocycles. The maximum atomic E-state index is 12.5. The van der Waals surface area contributed by atoms with Gasteiger partial charge in [0.05, 0.1) is 10.5 Å². The lowest BCUT2D eigenvalue weighted by atomic mass is 10.1. The molecule has 0 aliphatic heterocycles. The standard InChI is InChI=1S/C19H20N2O6/c22-18(23)9-5-2-6-12-20-19(24)16-13-14(21(25)26)10-11-17(16)27-15-7-3-1-4-8-15/h1,3-4,7-8,10-11,13H,2,5-6,9,12H2,(H,20,24)(H,22,23). The largest absolute Gasteiger partial charge is 0.481 e. The van der Waals surface area contributed by atoms with Crippen LogP contribution < -0.4 is 10.1 Å². The number of carbonyl (C=O) groups is 2. The van der Waals surface area contributed by atoms with Crippen molar-refractivity contribution < 1.29 is 24.4 Å². The molecule has 0 heterocycles. The molecule has 27 heavy (non-hydrogen) atoms. The highest BCUT2D eigenvalue weighted by atomic mass is 16.6. The topological polar surface area (TPSA) is 119 Å². The van der Waals surface area contributed by atoms with Crippen molar-refractivity contribution in [3.63, 3.8) is 0 Å². The van der Waals surface area contributed by atoms with Gasteiger partial charge in [-0.2, -0.15) is 0 Å². The summed E-state index contributed by atoms with van der Waals surface area (Å²) in [6, 6.07) is 12.7. The number of benzene rings is 2. The molecule has 0 atom stereocenters. The van der Waals surface area contributed by atoms with E-state index in [2.05, 4.69) is 5.32 Å². The highest BCUT2D eigenvalue weighted by molar-refractivity contribution is 5.97. The van der Waals surface area contributed by atoms with Crippen molar-refractivity contribution in [2.45, 2.75) is 25.7 Å². The lowest BCUT2D eigenvalue weighted by Crippen LogP contribution is -2.25. The maximum absolute atomic E-state index is 12.5. The second-order valence-electron chi connectivity index (χ2n) is 5.81. The van der Waals surface area contributed by atoms with Gasteiger partial charge in [0.1, 0.15) is 11.5 Å². The van der Waals surface area contributed by atoms with E-state index < -0.39 is 16.8 Å². The van der Waals surface area contributed by atoms with Crippen molar-refractivity contribution in [2.24, 2.45) is 0 Å². The molecule has 0 aliphatic carbocycles. The van der Waals surface area contributed by atoms with Crippen molar-refractivity contribution in [1.29, 1.82) is 0 Å². The lowest BCUT2D eigenvalue weighted by molar-refractivity contribution is -0.384. The summed E-state index contributed by atoms with van der Waals surface area (Å²) in [4.78, 5) is 33.4. The molecule has 0 saturated heterocycles. The van der Waals surface area contributed by atoms with Crippen LogP contribution in [0.15, 0.2) is 48.5 Å². The van der Waals surface area contributed by atoms with Gasteiger partial charge in [-0.25, -0.2) is 0 Å². The number of carbonyl (C=O) groups excluding carboxylic acids is 1. The van der Waals surface area contributed by atoms with Gasteiger partial charge in [-0.15, -0.1) is 0 Å². The van der Waals surface area contributed by atoms with Gasteiger partial charge >= 0.3 is 5.97 Å². The Bertz CT molecular complexity index is 807. The van der Waals surface area contributed by atoms with Crippen LogP contribution in [0, 0.1) is 10.1 Å². The number of para-hydroxylation sites is 1. The fraction of sp³-hybridized carbons (Fsp3) is 0.263. The van der Waals surface area contributed by atoms with Crippen LogP contribution in [-0.4, -0.2) is 28.5 Å². The number of amides is 1. The smallest absolute Gasteiger partial charge is 0.303 e. The fourth-order valence-electron chi connectivity index (χ4n) is 2.39. The Kier molecular flexibility index (Phi) is 7.30. The highest BCUT2D eigenvalue weighted by Gasteiger charge is 2.18. The molecule has 1 amide bonds. The molecule has 8 heteroatoms. The second-order valence-corrected chi connectivity index (χ2v) is 5.81. The number of carboxylic acid groups (broad SMARTS) is 1. The summed E-state index contributed by atoms with van der Waals surface area (Å²) < 4.78 is 5.69.